The Hall–Kier alpha value is -2.18. The fraction of sp³-hybridized carbons (Fsp3) is 0.429. The van der Waals surface area contributed by atoms with Gasteiger partial charge in [-0.1, -0.05) is 0 Å². The third kappa shape index (κ3) is 5.76. The van der Waals surface area contributed by atoms with Crippen LogP contribution in [0.4, 0.5) is 13.6 Å². The normalized spacial score (nSPS) is 12.6. The summed E-state index contributed by atoms with van der Waals surface area (Å²) in [4.78, 5) is 22.7. The molecule has 0 saturated heterocycles. The van der Waals surface area contributed by atoms with Crippen molar-refractivity contribution in [1.82, 2.24) is 5.32 Å². The second kappa shape index (κ2) is 6.51. The maximum atomic E-state index is 13.5. The van der Waals surface area contributed by atoms with Crippen LogP contribution in [0.1, 0.15) is 26.3 Å². The molecule has 0 unspecified atom stereocenters. The number of hydrogen-bond donors (Lipinski definition) is 2. The number of benzene rings is 1. The van der Waals surface area contributed by atoms with Crippen LogP contribution in [0.15, 0.2) is 18.2 Å². The fourth-order valence-electron chi connectivity index (χ4n) is 1.57. The predicted molar refractivity (Wildman–Crippen MR) is 70.9 cm³/mol. The number of hydrogen-bond acceptors (Lipinski definition) is 3. The lowest BCUT2D eigenvalue weighted by atomic mass is 10.1. The predicted octanol–water partition coefficient (Wildman–Crippen LogP) is 2.49. The fourth-order valence-corrected chi connectivity index (χ4v) is 1.57. The van der Waals surface area contributed by atoms with Crippen molar-refractivity contribution in [3.8, 4) is 0 Å². The molecule has 0 fully saturated rings. The maximum Gasteiger partial charge on any atom is 0.408 e. The third-order valence-corrected chi connectivity index (χ3v) is 2.42. The topological polar surface area (TPSA) is 75.6 Å². The molecule has 116 valence electrons. The quantitative estimate of drug-likeness (QED) is 0.896. The Kier molecular flexibility index (Phi) is 5.23. The zero-order valence-corrected chi connectivity index (χ0v) is 11.9. The summed E-state index contributed by atoms with van der Waals surface area (Å²) in [6.45, 7) is 4.86. The Morgan fingerprint density at radius 2 is 1.95 bits per heavy atom. The van der Waals surface area contributed by atoms with Crippen LogP contribution in [0.25, 0.3) is 0 Å². The van der Waals surface area contributed by atoms with E-state index in [1.54, 1.807) is 20.8 Å². The number of ether oxygens (including phenoxy) is 1. The van der Waals surface area contributed by atoms with E-state index in [2.05, 4.69) is 5.32 Å². The van der Waals surface area contributed by atoms with Crippen LogP contribution in [-0.4, -0.2) is 28.8 Å². The summed E-state index contributed by atoms with van der Waals surface area (Å²) < 4.78 is 31.5. The third-order valence-electron chi connectivity index (χ3n) is 2.42. The number of halogens is 2. The van der Waals surface area contributed by atoms with E-state index < -0.39 is 41.8 Å². The minimum Gasteiger partial charge on any atom is -0.480 e. The highest BCUT2D eigenvalue weighted by molar-refractivity contribution is 5.80. The van der Waals surface area contributed by atoms with Gasteiger partial charge in [-0.3, -0.25) is 0 Å². The van der Waals surface area contributed by atoms with Gasteiger partial charge in [-0.25, -0.2) is 18.4 Å². The van der Waals surface area contributed by atoms with Crippen LogP contribution < -0.4 is 5.32 Å². The number of carbonyl (C=O) groups is 2. The molecule has 2 N–H and O–H groups in total. The minimum absolute atomic E-state index is 0.140. The molecule has 0 heterocycles. The lowest BCUT2D eigenvalue weighted by Gasteiger charge is -2.22. The Labute approximate surface area is 120 Å². The van der Waals surface area contributed by atoms with Gasteiger partial charge in [-0.05, 0) is 44.5 Å². The molecule has 1 aromatic carbocycles. The Bertz CT molecular complexity index is 540. The summed E-state index contributed by atoms with van der Waals surface area (Å²) in [5.74, 6) is -2.80. The van der Waals surface area contributed by atoms with Crippen LogP contribution in [0.3, 0.4) is 0 Å². The minimum atomic E-state index is -1.42. The molecule has 0 saturated carbocycles. The van der Waals surface area contributed by atoms with Crippen molar-refractivity contribution in [3.63, 3.8) is 0 Å². The molecule has 7 heteroatoms. The molecule has 0 spiro atoms. The van der Waals surface area contributed by atoms with Gasteiger partial charge in [0.25, 0.3) is 0 Å². The van der Waals surface area contributed by atoms with Crippen LogP contribution in [0, 0.1) is 11.6 Å². The lowest BCUT2D eigenvalue weighted by molar-refractivity contribution is -0.139. The second-order valence-electron chi connectivity index (χ2n) is 5.48. The van der Waals surface area contributed by atoms with Crippen LogP contribution >= 0.6 is 0 Å². The van der Waals surface area contributed by atoms with Crippen molar-refractivity contribution in [1.29, 1.82) is 0 Å². The van der Waals surface area contributed by atoms with Crippen molar-refractivity contribution in [2.45, 2.75) is 38.8 Å². The second-order valence-corrected chi connectivity index (χ2v) is 5.48. The van der Waals surface area contributed by atoms with Crippen molar-refractivity contribution < 1.29 is 28.2 Å². The first kappa shape index (κ1) is 16.9. The smallest absolute Gasteiger partial charge is 0.408 e. The number of carboxylic acids is 1. The monoisotopic (exact) mass is 301 g/mol. The largest absolute Gasteiger partial charge is 0.480 e. The molecule has 1 atom stereocenters. The molecular formula is C14H17F2NO4. The summed E-state index contributed by atoms with van der Waals surface area (Å²) in [5, 5.41) is 11.2. The van der Waals surface area contributed by atoms with E-state index in [0.29, 0.717) is 0 Å². The average Bonchev–Trinajstić information content (AvgIpc) is 2.30. The lowest BCUT2D eigenvalue weighted by Crippen LogP contribution is -2.44. The van der Waals surface area contributed by atoms with Gasteiger partial charge in [0.15, 0.2) is 0 Å². The summed E-state index contributed by atoms with van der Waals surface area (Å²) in [6, 6.07) is 1.30. The van der Waals surface area contributed by atoms with Gasteiger partial charge in [0.05, 0.1) is 0 Å². The number of rotatable bonds is 4. The van der Waals surface area contributed by atoms with E-state index in [-0.39, 0.29) is 5.56 Å². The molecular weight excluding hydrogens is 284 g/mol. The highest BCUT2D eigenvalue weighted by Gasteiger charge is 2.25. The Balaban J connectivity index is 2.81. The highest BCUT2D eigenvalue weighted by atomic mass is 19.1. The summed E-state index contributed by atoms with van der Waals surface area (Å²) in [7, 11) is 0. The number of alkyl carbamates (subject to hydrolysis) is 1. The Morgan fingerprint density at radius 3 is 2.48 bits per heavy atom. The standard InChI is InChI=1S/C14H17F2NO4/c1-14(2,3)21-13(20)17-11(12(18)19)7-8-6-9(15)4-5-10(8)16/h4-6,11H,7H2,1-3H3,(H,17,20)(H,18,19)/t11-/m0/s1. The van der Waals surface area contributed by atoms with E-state index in [1.165, 1.54) is 0 Å². The number of nitrogens with one attached hydrogen (secondary N) is 1. The summed E-state index contributed by atoms with van der Waals surface area (Å²) >= 11 is 0. The molecule has 0 radical (unpaired) electrons. The van der Waals surface area contributed by atoms with Crippen LogP contribution in [0.2, 0.25) is 0 Å². The van der Waals surface area contributed by atoms with Gasteiger partial charge in [0, 0.05) is 6.42 Å². The van der Waals surface area contributed by atoms with Crippen LogP contribution in [-0.2, 0) is 16.0 Å². The van der Waals surface area contributed by atoms with E-state index in [4.69, 9.17) is 9.84 Å². The summed E-state index contributed by atoms with van der Waals surface area (Å²) in [5.41, 5.74) is -0.935. The van der Waals surface area contributed by atoms with Gasteiger partial charge in [-0.15, -0.1) is 0 Å². The molecule has 5 nitrogen and oxygen atoms in total. The number of aliphatic carboxylic acids is 1. The van der Waals surface area contributed by atoms with Crippen LogP contribution in [0.5, 0.6) is 0 Å². The molecule has 0 aromatic heterocycles. The van der Waals surface area contributed by atoms with Crippen molar-refractivity contribution >= 4 is 12.1 Å². The molecule has 0 aliphatic heterocycles. The molecule has 1 amide bonds. The van der Waals surface area contributed by atoms with Crippen molar-refractivity contribution in [2.24, 2.45) is 0 Å². The number of carboxylic acid groups (broad SMARTS) is 1. The first-order valence-corrected chi connectivity index (χ1v) is 6.25. The van der Waals surface area contributed by atoms with Gasteiger partial charge < -0.3 is 15.2 Å². The SMILES string of the molecule is CC(C)(C)OC(=O)N[C@@H](Cc1cc(F)ccc1F)C(=O)O. The maximum absolute atomic E-state index is 13.5. The van der Waals surface area contributed by atoms with Gasteiger partial charge in [0.1, 0.15) is 23.3 Å². The molecule has 1 rings (SSSR count). The first-order valence-electron chi connectivity index (χ1n) is 6.25. The van der Waals surface area contributed by atoms with Gasteiger partial charge in [0.2, 0.25) is 0 Å². The highest BCUT2D eigenvalue weighted by Crippen LogP contribution is 2.13. The van der Waals surface area contributed by atoms with Crippen molar-refractivity contribution in [2.75, 3.05) is 0 Å². The van der Waals surface area contributed by atoms with E-state index in [1.807, 2.05) is 0 Å². The molecule has 1 aromatic rings. The van der Waals surface area contributed by atoms with E-state index in [9.17, 15) is 18.4 Å². The number of carbonyl (C=O) groups excluding carboxylic acids is 1. The van der Waals surface area contributed by atoms with E-state index >= 15 is 0 Å². The van der Waals surface area contributed by atoms with E-state index in [0.717, 1.165) is 18.2 Å². The average molecular weight is 301 g/mol. The van der Waals surface area contributed by atoms with Gasteiger partial charge in [-0.2, -0.15) is 0 Å². The Morgan fingerprint density at radius 1 is 1.33 bits per heavy atom. The first-order chi connectivity index (χ1) is 9.58. The zero-order valence-electron chi connectivity index (χ0n) is 11.9. The molecule has 0 bridgehead atoms. The molecule has 21 heavy (non-hydrogen) atoms. The van der Waals surface area contributed by atoms with Crippen molar-refractivity contribution in [3.05, 3.63) is 35.4 Å². The molecule has 0 aliphatic carbocycles. The summed E-state index contributed by atoms with van der Waals surface area (Å²) in [6.07, 6.45) is -1.33. The molecule has 0 aliphatic rings. The number of amides is 1. The zero-order chi connectivity index (χ0) is 16.2. The van der Waals surface area contributed by atoms with Gasteiger partial charge >= 0.3 is 12.1 Å².